The Kier molecular flexibility index (Phi) is 7.24. The van der Waals surface area contributed by atoms with Crippen LogP contribution in [0, 0.1) is 13.8 Å². The molecule has 1 aliphatic rings. The monoisotopic (exact) mass is 385 g/mol. The molecule has 0 amide bonds. The van der Waals surface area contributed by atoms with Gasteiger partial charge in [-0.15, -0.1) is 11.3 Å². The Balaban J connectivity index is 1.38. The molecule has 27 heavy (non-hydrogen) atoms. The SMILES string of the molecule is CN=C(NCCc1ncc(C)s1)NC1CCN(Cc2cccc(C)c2)CC1. The molecule has 0 radical (unpaired) electrons. The number of rotatable bonds is 6. The van der Waals surface area contributed by atoms with E-state index in [1.807, 2.05) is 13.2 Å². The minimum absolute atomic E-state index is 0.493. The second-order valence-electron chi connectivity index (χ2n) is 7.30. The summed E-state index contributed by atoms with van der Waals surface area (Å²) in [5.41, 5.74) is 2.75. The van der Waals surface area contributed by atoms with E-state index < -0.39 is 0 Å². The molecule has 3 rings (SSSR count). The van der Waals surface area contributed by atoms with E-state index in [0.29, 0.717) is 6.04 Å². The van der Waals surface area contributed by atoms with Gasteiger partial charge in [-0.1, -0.05) is 29.8 Å². The van der Waals surface area contributed by atoms with Crippen molar-refractivity contribution in [2.24, 2.45) is 4.99 Å². The van der Waals surface area contributed by atoms with E-state index in [2.05, 4.69) is 63.6 Å². The fraction of sp³-hybridized carbons (Fsp3) is 0.524. The lowest BCUT2D eigenvalue weighted by Gasteiger charge is -2.33. The van der Waals surface area contributed by atoms with Crippen LogP contribution in [0.15, 0.2) is 35.5 Å². The number of aliphatic imine (C=N–C) groups is 1. The molecule has 0 aliphatic carbocycles. The molecule has 5 nitrogen and oxygen atoms in total. The number of guanidine groups is 1. The van der Waals surface area contributed by atoms with Gasteiger partial charge >= 0.3 is 0 Å². The Morgan fingerprint density at radius 3 is 2.78 bits per heavy atom. The molecule has 1 aliphatic heterocycles. The summed E-state index contributed by atoms with van der Waals surface area (Å²) in [5.74, 6) is 0.903. The first-order valence-electron chi connectivity index (χ1n) is 9.79. The summed E-state index contributed by atoms with van der Waals surface area (Å²) in [6.45, 7) is 8.42. The van der Waals surface area contributed by atoms with E-state index in [1.165, 1.54) is 21.0 Å². The van der Waals surface area contributed by atoms with Gasteiger partial charge in [0.25, 0.3) is 0 Å². The van der Waals surface area contributed by atoms with Gasteiger partial charge in [-0.05, 0) is 32.3 Å². The van der Waals surface area contributed by atoms with Gasteiger partial charge in [-0.3, -0.25) is 9.89 Å². The first-order valence-corrected chi connectivity index (χ1v) is 10.6. The maximum Gasteiger partial charge on any atom is 0.191 e. The molecule has 0 unspecified atom stereocenters. The molecule has 146 valence electrons. The molecule has 2 aromatic rings. The maximum atomic E-state index is 4.41. The highest BCUT2D eigenvalue weighted by molar-refractivity contribution is 7.11. The molecule has 1 saturated heterocycles. The first kappa shape index (κ1) is 19.8. The van der Waals surface area contributed by atoms with Crippen molar-refractivity contribution in [1.29, 1.82) is 0 Å². The molecule has 0 saturated carbocycles. The van der Waals surface area contributed by atoms with Gasteiger partial charge in [0, 0.05) is 56.8 Å². The van der Waals surface area contributed by atoms with Crippen molar-refractivity contribution < 1.29 is 0 Å². The van der Waals surface area contributed by atoms with Crippen LogP contribution < -0.4 is 10.6 Å². The van der Waals surface area contributed by atoms with Crippen LogP contribution in [-0.2, 0) is 13.0 Å². The smallest absolute Gasteiger partial charge is 0.191 e. The van der Waals surface area contributed by atoms with E-state index in [9.17, 15) is 0 Å². The molecule has 0 spiro atoms. The zero-order chi connectivity index (χ0) is 19.1. The number of aromatic nitrogens is 1. The van der Waals surface area contributed by atoms with Gasteiger partial charge in [0.05, 0.1) is 5.01 Å². The van der Waals surface area contributed by atoms with Gasteiger partial charge in [0.15, 0.2) is 5.96 Å². The summed E-state index contributed by atoms with van der Waals surface area (Å²) < 4.78 is 0. The highest BCUT2D eigenvalue weighted by atomic mass is 32.1. The Morgan fingerprint density at radius 2 is 2.11 bits per heavy atom. The number of hydrogen-bond donors (Lipinski definition) is 2. The summed E-state index contributed by atoms with van der Waals surface area (Å²) in [4.78, 5) is 12.6. The van der Waals surface area contributed by atoms with Crippen molar-refractivity contribution in [3.63, 3.8) is 0 Å². The third-order valence-electron chi connectivity index (χ3n) is 4.94. The predicted molar refractivity (Wildman–Crippen MR) is 115 cm³/mol. The van der Waals surface area contributed by atoms with Crippen molar-refractivity contribution in [2.45, 2.75) is 45.7 Å². The predicted octanol–water partition coefficient (Wildman–Crippen LogP) is 3.13. The summed E-state index contributed by atoms with van der Waals surface area (Å²) in [6, 6.07) is 9.33. The quantitative estimate of drug-likeness (QED) is 0.593. The minimum atomic E-state index is 0.493. The summed E-state index contributed by atoms with van der Waals surface area (Å²) in [5, 5.41) is 8.19. The molecule has 2 N–H and O–H groups in total. The molecule has 1 aromatic heterocycles. The van der Waals surface area contributed by atoms with E-state index in [1.54, 1.807) is 11.3 Å². The lowest BCUT2D eigenvalue weighted by molar-refractivity contribution is 0.198. The Labute approximate surface area is 166 Å². The van der Waals surface area contributed by atoms with Crippen LogP contribution in [0.2, 0.25) is 0 Å². The Bertz CT molecular complexity index is 747. The molecule has 6 heteroatoms. The zero-order valence-corrected chi connectivity index (χ0v) is 17.5. The molecule has 0 bridgehead atoms. The highest BCUT2D eigenvalue weighted by Crippen LogP contribution is 2.15. The number of benzene rings is 1. The minimum Gasteiger partial charge on any atom is -0.356 e. The van der Waals surface area contributed by atoms with Crippen molar-refractivity contribution in [2.75, 3.05) is 26.7 Å². The molecule has 0 atom stereocenters. The normalized spacial score (nSPS) is 16.5. The van der Waals surface area contributed by atoms with Crippen molar-refractivity contribution in [3.05, 3.63) is 51.5 Å². The number of thiazole rings is 1. The number of aryl methyl sites for hydroxylation is 2. The topological polar surface area (TPSA) is 52.6 Å². The lowest BCUT2D eigenvalue weighted by Crippen LogP contribution is -2.48. The van der Waals surface area contributed by atoms with E-state index in [-0.39, 0.29) is 0 Å². The van der Waals surface area contributed by atoms with Gasteiger partial charge in [-0.2, -0.15) is 0 Å². The van der Waals surface area contributed by atoms with Crippen LogP contribution in [0.5, 0.6) is 0 Å². The number of hydrogen-bond acceptors (Lipinski definition) is 4. The van der Waals surface area contributed by atoms with Crippen LogP contribution >= 0.6 is 11.3 Å². The second-order valence-corrected chi connectivity index (χ2v) is 8.62. The van der Waals surface area contributed by atoms with E-state index in [0.717, 1.165) is 51.4 Å². The molecular formula is C21H31N5S. The zero-order valence-electron chi connectivity index (χ0n) is 16.7. The number of piperidine rings is 1. The fourth-order valence-corrected chi connectivity index (χ4v) is 4.28. The van der Waals surface area contributed by atoms with E-state index in [4.69, 9.17) is 0 Å². The molecule has 2 heterocycles. The average Bonchev–Trinajstić information content (AvgIpc) is 3.07. The third kappa shape index (κ3) is 6.33. The van der Waals surface area contributed by atoms with Gasteiger partial charge < -0.3 is 10.6 Å². The lowest BCUT2D eigenvalue weighted by atomic mass is 10.0. The van der Waals surface area contributed by atoms with Crippen molar-refractivity contribution >= 4 is 17.3 Å². The van der Waals surface area contributed by atoms with Crippen LogP contribution in [-0.4, -0.2) is 48.6 Å². The van der Waals surface area contributed by atoms with E-state index >= 15 is 0 Å². The summed E-state index contributed by atoms with van der Waals surface area (Å²) in [7, 11) is 1.84. The molecule has 1 fully saturated rings. The van der Waals surface area contributed by atoms with Crippen LogP contribution in [0.4, 0.5) is 0 Å². The number of nitrogens with zero attached hydrogens (tertiary/aromatic N) is 3. The fourth-order valence-electron chi connectivity index (χ4n) is 3.50. The number of likely N-dealkylation sites (tertiary alicyclic amines) is 1. The van der Waals surface area contributed by atoms with Gasteiger partial charge in [0.2, 0.25) is 0 Å². The standard InChI is InChI=1S/C21H31N5S/c1-16-5-4-6-18(13-16)15-26-11-8-19(9-12-26)25-21(22-3)23-10-7-20-24-14-17(2)27-20/h4-6,13-14,19H,7-12,15H2,1-3H3,(H2,22,23,25). The Hall–Kier alpha value is -1.92. The van der Waals surface area contributed by atoms with Crippen LogP contribution in [0.3, 0.4) is 0 Å². The second kappa shape index (κ2) is 9.85. The van der Waals surface area contributed by atoms with Gasteiger partial charge in [0.1, 0.15) is 0 Å². The highest BCUT2D eigenvalue weighted by Gasteiger charge is 2.20. The van der Waals surface area contributed by atoms with Crippen LogP contribution in [0.25, 0.3) is 0 Å². The largest absolute Gasteiger partial charge is 0.356 e. The summed E-state index contributed by atoms with van der Waals surface area (Å²) >= 11 is 1.77. The van der Waals surface area contributed by atoms with Crippen LogP contribution in [0.1, 0.15) is 33.9 Å². The molecule has 1 aromatic carbocycles. The van der Waals surface area contributed by atoms with Crippen molar-refractivity contribution in [3.8, 4) is 0 Å². The van der Waals surface area contributed by atoms with Crippen molar-refractivity contribution in [1.82, 2.24) is 20.5 Å². The number of nitrogens with one attached hydrogen (secondary N) is 2. The first-order chi connectivity index (χ1) is 13.1. The third-order valence-corrected chi connectivity index (χ3v) is 5.91. The summed E-state index contributed by atoms with van der Waals surface area (Å²) in [6.07, 6.45) is 5.18. The maximum absolute atomic E-state index is 4.41. The van der Waals surface area contributed by atoms with Gasteiger partial charge in [-0.25, -0.2) is 4.98 Å². The molecular weight excluding hydrogens is 354 g/mol. The Morgan fingerprint density at radius 1 is 1.30 bits per heavy atom. The average molecular weight is 386 g/mol.